The largest absolute Gasteiger partial charge is 0.389 e. The van der Waals surface area contributed by atoms with Gasteiger partial charge in [-0.2, -0.15) is 0 Å². The van der Waals surface area contributed by atoms with Gasteiger partial charge in [-0.15, -0.1) is 0 Å². The molecule has 5 unspecified atom stereocenters. The lowest BCUT2D eigenvalue weighted by Gasteiger charge is -2.51. The molecule has 0 aromatic carbocycles. The van der Waals surface area contributed by atoms with Crippen LogP contribution in [0.1, 0.15) is 58.3 Å². The number of hydrogen-bond acceptors (Lipinski definition) is 2. The van der Waals surface area contributed by atoms with E-state index in [9.17, 15) is 5.11 Å². The Kier molecular flexibility index (Phi) is 2.79. The van der Waals surface area contributed by atoms with Crippen molar-refractivity contribution >= 4 is 0 Å². The van der Waals surface area contributed by atoms with Crippen molar-refractivity contribution in [2.24, 2.45) is 28.9 Å². The van der Waals surface area contributed by atoms with Crippen LogP contribution in [-0.2, 0) is 0 Å². The van der Waals surface area contributed by atoms with E-state index in [0.717, 1.165) is 24.7 Å². The van der Waals surface area contributed by atoms with Crippen molar-refractivity contribution in [1.82, 2.24) is 0 Å². The normalized spacial score (nSPS) is 53.5. The van der Waals surface area contributed by atoms with Crippen molar-refractivity contribution in [1.29, 1.82) is 0 Å². The molecule has 0 amide bonds. The summed E-state index contributed by atoms with van der Waals surface area (Å²) in [4.78, 5) is 0. The third-order valence-corrected chi connectivity index (χ3v) is 6.48. The lowest BCUT2D eigenvalue weighted by molar-refractivity contribution is -0.135. The van der Waals surface area contributed by atoms with Gasteiger partial charge in [0.2, 0.25) is 0 Å². The van der Waals surface area contributed by atoms with Crippen LogP contribution in [0.4, 0.5) is 0 Å². The van der Waals surface area contributed by atoms with Gasteiger partial charge in [-0.3, -0.25) is 0 Å². The van der Waals surface area contributed by atoms with Crippen LogP contribution in [0.15, 0.2) is 0 Å². The molecule has 3 aliphatic rings. The fraction of sp³-hybridized carbons (Fsp3) is 1.00. The molecule has 0 aliphatic heterocycles. The Morgan fingerprint density at radius 1 is 1.29 bits per heavy atom. The maximum absolute atomic E-state index is 11.3. The molecule has 0 saturated heterocycles. The molecule has 2 heteroatoms. The van der Waals surface area contributed by atoms with Gasteiger partial charge in [-0.1, -0.05) is 26.2 Å². The van der Waals surface area contributed by atoms with E-state index >= 15 is 0 Å². The molecular weight excluding hydrogens is 210 g/mol. The monoisotopic (exact) mass is 237 g/mol. The van der Waals surface area contributed by atoms with E-state index in [4.69, 9.17) is 5.73 Å². The molecule has 0 aromatic heterocycles. The quantitative estimate of drug-likeness (QED) is 0.793. The fourth-order valence-electron chi connectivity index (χ4n) is 5.66. The Balaban J connectivity index is 1.95. The van der Waals surface area contributed by atoms with Crippen LogP contribution < -0.4 is 5.73 Å². The molecule has 3 aliphatic carbocycles. The first kappa shape index (κ1) is 12.0. The van der Waals surface area contributed by atoms with Crippen LogP contribution in [0, 0.1) is 23.2 Å². The molecule has 3 rings (SSSR count). The van der Waals surface area contributed by atoms with Gasteiger partial charge in [0.15, 0.2) is 0 Å². The molecule has 0 radical (unpaired) electrons. The van der Waals surface area contributed by atoms with Crippen molar-refractivity contribution < 1.29 is 5.11 Å². The minimum Gasteiger partial charge on any atom is -0.389 e. The van der Waals surface area contributed by atoms with Gasteiger partial charge in [0.1, 0.15) is 0 Å². The predicted octanol–water partition coefficient (Wildman–Crippen LogP) is 2.69. The summed E-state index contributed by atoms with van der Waals surface area (Å²) in [6.07, 6.45) is 9.80. The standard InChI is InChI=1S/C15H27NO/c1-2-12-4-3-7-15(12,17)14(10-16)9-11-5-6-13(14)8-11/h11-13,17H,2-10,16H2,1H3. The van der Waals surface area contributed by atoms with Crippen LogP contribution in [-0.4, -0.2) is 17.3 Å². The number of fused-ring (bicyclic) bond motifs is 2. The van der Waals surface area contributed by atoms with E-state index in [2.05, 4.69) is 6.92 Å². The van der Waals surface area contributed by atoms with Crippen LogP contribution in [0.2, 0.25) is 0 Å². The highest BCUT2D eigenvalue weighted by atomic mass is 16.3. The molecule has 17 heavy (non-hydrogen) atoms. The lowest BCUT2D eigenvalue weighted by atomic mass is 9.58. The Bertz CT molecular complexity index is 305. The molecule has 0 heterocycles. The van der Waals surface area contributed by atoms with Crippen molar-refractivity contribution in [3.63, 3.8) is 0 Å². The van der Waals surface area contributed by atoms with E-state index in [1.165, 1.54) is 38.5 Å². The second-order valence-corrected chi connectivity index (χ2v) is 6.86. The predicted molar refractivity (Wildman–Crippen MR) is 69.5 cm³/mol. The van der Waals surface area contributed by atoms with Crippen molar-refractivity contribution in [3.05, 3.63) is 0 Å². The third kappa shape index (κ3) is 1.40. The third-order valence-electron chi connectivity index (χ3n) is 6.48. The zero-order valence-corrected chi connectivity index (χ0v) is 11.1. The van der Waals surface area contributed by atoms with E-state index in [0.29, 0.717) is 12.5 Å². The van der Waals surface area contributed by atoms with E-state index in [1.807, 2.05) is 0 Å². The Morgan fingerprint density at radius 3 is 2.65 bits per heavy atom. The summed E-state index contributed by atoms with van der Waals surface area (Å²) < 4.78 is 0. The topological polar surface area (TPSA) is 46.2 Å². The molecular formula is C15H27NO. The average molecular weight is 237 g/mol. The number of rotatable bonds is 3. The molecule has 0 spiro atoms. The van der Waals surface area contributed by atoms with Crippen molar-refractivity contribution in [3.8, 4) is 0 Å². The molecule has 3 fully saturated rings. The van der Waals surface area contributed by atoms with Crippen LogP contribution in [0.3, 0.4) is 0 Å². The zero-order chi connectivity index (χ0) is 12.1. The second kappa shape index (κ2) is 3.96. The van der Waals surface area contributed by atoms with Gasteiger partial charge >= 0.3 is 0 Å². The first-order valence-electron chi connectivity index (χ1n) is 7.58. The Labute approximate surface area is 105 Å². The summed E-state index contributed by atoms with van der Waals surface area (Å²) in [5, 5.41) is 11.3. The maximum atomic E-state index is 11.3. The summed E-state index contributed by atoms with van der Waals surface area (Å²) in [6, 6.07) is 0. The molecule has 3 saturated carbocycles. The van der Waals surface area contributed by atoms with Gasteiger partial charge < -0.3 is 10.8 Å². The average Bonchev–Trinajstić information content (AvgIpc) is 3.02. The number of nitrogens with two attached hydrogens (primary N) is 1. The highest BCUT2D eigenvalue weighted by molar-refractivity contribution is 5.14. The zero-order valence-electron chi connectivity index (χ0n) is 11.1. The minimum absolute atomic E-state index is 0.0765. The molecule has 2 nitrogen and oxygen atoms in total. The van der Waals surface area contributed by atoms with Crippen LogP contribution in [0.5, 0.6) is 0 Å². The molecule has 0 aromatic rings. The first-order valence-corrected chi connectivity index (χ1v) is 7.58. The van der Waals surface area contributed by atoms with Crippen molar-refractivity contribution in [2.45, 2.75) is 63.9 Å². The number of aliphatic hydroxyl groups is 1. The van der Waals surface area contributed by atoms with Gasteiger partial charge in [0, 0.05) is 12.0 Å². The van der Waals surface area contributed by atoms with Gasteiger partial charge in [0.25, 0.3) is 0 Å². The Morgan fingerprint density at radius 2 is 2.12 bits per heavy atom. The lowest BCUT2D eigenvalue weighted by Crippen LogP contribution is -2.57. The summed E-state index contributed by atoms with van der Waals surface area (Å²) in [6.45, 7) is 2.94. The molecule has 2 bridgehead atoms. The van der Waals surface area contributed by atoms with Gasteiger partial charge in [-0.05, 0) is 49.9 Å². The van der Waals surface area contributed by atoms with E-state index in [-0.39, 0.29) is 5.41 Å². The fourth-order valence-corrected chi connectivity index (χ4v) is 5.66. The molecule has 5 atom stereocenters. The first-order chi connectivity index (χ1) is 8.16. The van der Waals surface area contributed by atoms with Crippen molar-refractivity contribution in [2.75, 3.05) is 6.54 Å². The van der Waals surface area contributed by atoms with Crippen LogP contribution >= 0.6 is 0 Å². The van der Waals surface area contributed by atoms with Gasteiger partial charge in [-0.25, -0.2) is 0 Å². The Hall–Kier alpha value is -0.0800. The van der Waals surface area contributed by atoms with Crippen LogP contribution in [0.25, 0.3) is 0 Å². The summed E-state index contributed by atoms with van der Waals surface area (Å²) in [7, 11) is 0. The highest BCUT2D eigenvalue weighted by Crippen LogP contribution is 2.64. The summed E-state index contributed by atoms with van der Waals surface area (Å²) >= 11 is 0. The minimum atomic E-state index is -0.434. The smallest absolute Gasteiger partial charge is 0.0746 e. The molecule has 98 valence electrons. The summed E-state index contributed by atoms with van der Waals surface area (Å²) in [5.41, 5.74) is 5.82. The second-order valence-electron chi connectivity index (χ2n) is 6.86. The van der Waals surface area contributed by atoms with E-state index in [1.54, 1.807) is 0 Å². The summed E-state index contributed by atoms with van der Waals surface area (Å²) in [5.74, 6) is 2.09. The SMILES string of the molecule is CCC1CCCC1(O)C1(CN)CC2CCC1C2. The maximum Gasteiger partial charge on any atom is 0.0746 e. The highest BCUT2D eigenvalue weighted by Gasteiger charge is 2.63. The van der Waals surface area contributed by atoms with E-state index < -0.39 is 5.60 Å². The number of hydrogen-bond donors (Lipinski definition) is 2. The van der Waals surface area contributed by atoms with Gasteiger partial charge in [0.05, 0.1) is 5.60 Å². The molecule has 3 N–H and O–H groups in total.